The van der Waals surface area contributed by atoms with Crippen molar-refractivity contribution in [2.24, 2.45) is 5.92 Å². The summed E-state index contributed by atoms with van der Waals surface area (Å²) in [6, 6.07) is 7.06. The highest BCUT2D eigenvalue weighted by molar-refractivity contribution is 5.93. The molecule has 6 heteroatoms. The molecule has 114 valence electrons. The smallest absolute Gasteiger partial charge is 0.257 e. The summed E-state index contributed by atoms with van der Waals surface area (Å²) >= 11 is 0. The van der Waals surface area contributed by atoms with E-state index in [0.29, 0.717) is 11.4 Å². The van der Waals surface area contributed by atoms with E-state index < -0.39 is 0 Å². The van der Waals surface area contributed by atoms with Crippen LogP contribution in [0.15, 0.2) is 24.3 Å². The molecule has 0 radical (unpaired) electrons. The second-order valence-corrected chi connectivity index (χ2v) is 5.02. The number of piperidine rings is 1. The summed E-state index contributed by atoms with van der Waals surface area (Å²) in [4.78, 5) is 23.3. The van der Waals surface area contributed by atoms with Crippen molar-refractivity contribution in [1.29, 1.82) is 0 Å². The molecule has 0 aromatic heterocycles. The molecule has 0 spiro atoms. The largest absolute Gasteiger partial charge is 0.484 e. The van der Waals surface area contributed by atoms with Crippen molar-refractivity contribution < 1.29 is 14.3 Å². The average Bonchev–Trinajstić information content (AvgIpc) is 2.53. The topological polar surface area (TPSA) is 79.5 Å². The van der Waals surface area contributed by atoms with Crippen LogP contribution in [0.25, 0.3) is 0 Å². The summed E-state index contributed by atoms with van der Waals surface area (Å²) in [5, 5.41) is 8.60. The van der Waals surface area contributed by atoms with Gasteiger partial charge in [0, 0.05) is 25.3 Å². The predicted octanol–water partition coefficient (Wildman–Crippen LogP) is 0.749. The Morgan fingerprint density at radius 3 is 3.00 bits per heavy atom. The molecule has 1 saturated heterocycles. The molecule has 0 aliphatic carbocycles. The van der Waals surface area contributed by atoms with Crippen LogP contribution >= 0.6 is 0 Å². The molecule has 2 amide bonds. The standard InChI is InChI=1S/C15H21N3O3/c1-16-14(19)10-21-13-6-2-5-12(8-13)18-15(20)11-4-3-7-17-9-11/h2,5-6,8,11,17H,3-4,7,9-10H2,1H3,(H,16,19)(H,18,20). The summed E-state index contributed by atoms with van der Waals surface area (Å²) in [6.07, 6.45) is 1.93. The predicted molar refractivity (Wildman–Crippen MR) is 80.2 cm³/mol. The van der Waals surface area contributed by atoms with Gasteiger partial charge in [0.2, 0.25) is 5.91 Å². The molecule has 1 aliphatic rings. The molecule has 0 bridgehead atoms. The first kappa shape index (κ1) is 15.3. The zero-order valence-corrected chi connectivity index (χ0v) is 12.1. The quantitative estimate of drug-likeness (QED) is 0.748. The minimum absolute atomic E-state index is 0.00851. The fourth-order valence-electron chi connectivity index (χ4n) is 2.20. The molecule has 1 aromatic rings. The van der Waals surface area contributed by atoms with Crippen LogP contribution < -0.4 is 20.7 Å². The minimum atomic E-state index is -0.197. The Morgan fingerprint density at radius 1 is 1.43 bits per heavy atom. The number of carbonyl (C=O) groups is 2. The van der Waals surface area contributed by atoms with Gasteiger partial charge in [0.1, 0.15) is 5.75 Å². The zero-order chi connectivity index (χ0) is 15.1. The number of benzene rings is 1. The molecule has 2 rings (SSSR count). The van der Waals surface area contributed by atoms with E-state index in [1.807, 2.05) is 0 Å². The Morgan fingerprint density at radius 2 is 2.29 bits per heavy atom. The molecule has 1 heterocycles. The number of carbonyl (C=O) groups excluding carboxylic acids is 2. The molecule has 21 heavy (non-hydrogen) atoms. The van der Waals surface area contributed by atoms with E-state index >= 15 is 0 Å². The fourth-order valence-corrected chi connectivity index (χ4v) is 2.20. The SMILES string of the molecule is CNC(=O)COc1cccc(NC(=O)C2CCCNC2)c1. The Kier molecular flexibility index (Phi) is 5.57. The van der Waals surface area contributed by atoms with E-state index in [-0.39, 0.29) is 24.3 Å². The molecule has 1 unspecified atom stereocenters. The molecule has 1 aromatic carbocycles. The van der Waals surface area contributed by atoms with Crippen LogP contribution in [-0.4, -0.2) is 38.6 Å². The van der Waals surface area contributed by atoms with Crippen LogP contribution in [0.3, 0.4) is 0 Å². The summed E-state index contributed by atoms with van der Waals surface area (Å²) in [7, 11) is 1.56. The molecule has 1 aliphatic heterocycles. The Bertz CT molecular complexity index is 499. The first-order chi connectivity index (χ1) is 10.2. The van der Waals surface area contributed by atoms with Crippen molar-refractivity contribution in [3.05, 3.63) is 24.3 Å². The van der Waals surface area contributed by atoms with Gasteiger partial charge in [-0.05, 0) is 31.5 Å². The first-order valence-electron chi connectivity index (χ1n) is 7.14. The van der Waals surface area contributed by atoms with E-state index in [4.69, 9.17) is 4.74 Å². The third-order valence-electron chi connectivity index (χ3n) is 3.42. The molecule has 1 fully saturated rings. The second kappa shape index (κ2) is 7.64. The van der Waals surface area contributed by atoms with E-state index in [2.05, 4.69) is 16.0 Å². The molecular weight excluding hydrogens is 270 g/mol. The molecule has 0 saturated carbocycles. The van der Waals surface area contributed by atoms with Crippen LogP contribution in [0.5, 0.6) is 5.75 Å². The summed E-state index contributed by atoms with van der Waals surface area (Å²) in [5.41, 5.74) is 0.681. The Balaban J connectivity index is 1.90. The second-order valence-electron chi connectivity index (χ2n) is 5.02. The van der Waals surface area contributed by atoms with Gasteiger partial charge in [0.15, 0.2) is 6.61 Å². The monoisotopic (exact) mass is 291 g/mol. The van der Waals surface area contributed by atoms with E-state index in [0.717, 1.165) is 25.9 Å². The zero-order valence-electron chi connectivity index (χ0n) is 12.1. The lowest BCUT2D eigenvalue weighted by atomic mass is 9.99. The van der Waals surface area contributed by atoms with E-state index in [1.54, 1.807) is 31.3 Å². The molecule has 1 atom stereocenters. The number of anilines is 1. The van der Waals surface area contributed by atoms with Gasteiger partial charge in [-0.3, -0.25) is 9.59 Å². The van der Waals surface area contributed by atoms with Crippen LogP contribution in [-0.2, 0) is 9.59 Å². The molecule has 6 nitrogen and oxygen atoms in total. The van der Waals surface area contributed by atoms with Gasteiger partial charge in [-0.15, -0.1) is 0 Å². The van der Waals surface area contributed by atoms with Gasteiger partial charge in [-0.1, -0.05) is 6.07 Å². The van der Waals surface area contributed by atoms with Crippen molar-refractivity contribution in [2.75, 3.05) is 32.1 Å². The highest BCUT2D eigenvalue weighted by Gasteiger charge is 2.20. The van der Waals surface area contributed by atoms with Gasteiger partial charge in [-0.25, -0.2) is 0 Å². The number of nitrogens with one attached hydrogen (secondary N) is 3. The number of hydrogen-bond acceptors (Lipinski definition) is 4. The van der Waals surface area contributed by atoms with E-state index in [9.17, 15) is 9.59 Å². The lowest BCUT2D eigenvalue weighted by molar-refractivity contribution is -0.122. The Labute approximate surface area is 124 Å². The fraction of sp³-hybridized carbons (Fsp3) is 0.467. The highest BCUT2D eigenvalue weighted by atomic mass is 16.5. The Hall–Kier alpha value is -2.08. The average molecular weight is 291 g/mol. The van der Waals surface area contributed by atoms with Crippen molar-refractivity contribution >= 4 is 17.5 Å². The van der Waals surface area contributed by atoms with Crippen molar-refractivity contribution in [3.63, 3.8) is 0 Å². The highest BCUT2D eigenvalue weighted by Crippen LogP contribution is 2.19. The van der Waals surface area contributed by atoms with Gasteiger partial charge in [0.25, 0.3) is 5.91 Å². The lowest BCUT2D eigenvalue weighted by Crippen LogP contribution is -2.37. The van der Waals surface area contributed by atoms with Crippen molar-refractivity contribution in [1.82, 2.24) is 10.6 Å². The lowest BCUT2D eigenvalue weighted by Gasteiger charge is -2.22. The summed E-state index contributed by atoms with van der Waals surface area (Å²) in [5.74, 6) is 0.385. The van der Waals surface area contributed by atoms with E-state index in [1.165, 1.54) is 0 Å². The third kappa shape index (κ3) is 4.75. The van der Waals surface area contributed by atoms with Crippen LogP contribution in [0.4, 0.5) is 5.69 Å². The molecule has 3 N–H and O–H groups in total. The van der Waals surface area contributed by atoms with Crippen LogP contribution in [0.1, 0.15) is 12.8 Å². The minimum Gasteiger partial charge on any atom is -0.484 e. The maximum Gasteiger partial charge on any atom is 0.257 e. The number of amides is 2. The molecular formula is C15H21N3O3. The first-order valence-corrected chi connectivity index (χ1v) is 7.14. The number of likely N-dealkylation sites (N-methyl/N-ethyl adjacent to an activating group) is 1. The summed E-state index contributed by atoms with van der Waals surface area (Å²) < 4.78 is 5.35. The third-order valence-corrected chi connectivity index (χ3v) is 3.42. The van der Waals surface area contributed by atoms with Crippen molar-refractivity contribution in [2.45, 2.75) is 12.8 Å². The number of hydrogen-bond donors (Lipinski definition) is 3. The van der Waals surface area contributed by atoms with Crippen LogP contribution in [0.2, 0.25) is 0 Å². The number of ether oxygens (including phenoxy) is 1. The van der Waals surface area contributed by atoms with Gasteiger partial charge in [0.05, 0.1) is 5.92 Å². The maximum atomic E-state index is 12.1. The maximum absolute atomic E-state index is 12.1. The van der Waals surface area contributed by atoms with Gasteiger partial charge in [-0.2, -0.15) is 0 Å². The van der Waals surface area contributed by atoms with Gasteiger partial charge >= 0.3 is 0 Å². The summed E-state index contributed by atoms with van der Waals surface area (Å²) in [6.45, 7) is 1.66. The normalized spacial score (nSPS) is 17.9. The van der Waals surface area contributed by atoms with Crippen molar-refractivity contribution in [3.8, 4) is 5.75 Å². The number of rotatable bonds is 5. The van der Waals surface area contributed by atoms with Gasteiger partial charge < -0.3 is 20.7 Å². The van der Waals surface area contributed by atoms with Crippen LogP contribution in [0, 0.1) is 5.92 Å².